The van der Waals surface area contributed by atoms with Gasteiger partial charge in [-0.15, -0.1) is 0 Å². The number of hydrogen-bond acceptors (Lipinski definition) is 3. The van der Waals surface area contributed by atoms with Gasteiger partial charge >= 0.3 is 13.9 Å². The standard InChI is InChI=1S/C5H13NO.C2H5O2.Al.2ClH/c1-6(2,3)4-5-7;3-1-2-4;;;/h4-5H2,1-3H3;3H,1-2H2;;2*1H/q;-1;+3;;/p-2. The minimum atomic E-state index is -2.01. The molecule has 0 aromatic carbocycles. The molecule has 0 aliphatic heterocycles. The molecule has 0 aliphatic carbocycles. The second-order valence-electron chi connectivity index (χ2n) is 3.75. The Bertz CT molecular complexity index is 135. The fraction of sp³-hybridized carbons (Fsp3) is 1.00. The maximum Gasteiger partial charge on any atom is 0.813 e. The molecule has 86 valence electrons. The van der Waals surface area contributed by atoms with Crippen LogP contribution >= 0.6 is 10.0 Å². The lowest BCUT2D eigenvalue weighted by atomic mass is 10.5. The Morgan fingerprint density at radius 3 is 2.14 bits per heavy atom. The van der Waals surface area contributed by atoms with Gasteiger partial charge in [-0.2, -0.15) is 10.0 Å². The van der Waals surface area contributed by atoms with Gasteiger partial charge in [0.1, 0.15) is 0 Å². The van der Waals surface area contributed by atoms with E-state index in [4.69, 9.17) is 22.7 Å². The van der Waals surface area contributed by atoms with Gasteiger partial charge in [-0.05, 0) is 0 Å². The first-order valence-corrected chi connectivity index (χ1v) is 6.93. The van der Waals surface area contributed by atoms with Crippen LogP contribution in [-0.4, -0.2) is 71.0 Å². The molecule has 14 heavy (non-hydrogen) atoms. The van der Waals surface area contributed by atoms with E-state index < -0.39 is 13.9 Å². The SMILES string of the molecule is C[N+](C)(C)CC[O][Al]([Cl])[O]CCO.[Cl-]. The quantitative estimate of drug-likeness (QED) is 0.391. The third kappa shape index (κ3) is 13.0. The smallest absolute Gasteiger partial charge is 0.813 e. The largest absolute Gasteiger partial charge is 1.00 e. The molecule has 0 rings (SSSR count). The van der Waals surface area contributed by atoms with Gasteiger partial charge in [0.2, 0.25) is 0 Å². The summed E-state index contributed by atoms with van der Waals surface area (Å²) in [7, 11) is 12.0. The van der Waals surface area contributed by atoms with E-state index >= 15 is 0 Å². The van der Waals surface area contributed by atoms with Crippen molar-refractivity contribution in [3.05, 3.63) is 0 Å². The molecule has 0 amide bonds. The lowest BCUT2D eigenvalue weighted by Gasteiger charge is -2.23. The van der Waals surface area contributed by atoms with E-state index in [1.165, 1.54) is 0 Å². The van der Waals surface area contributed by atoms with Crippen LogP contribution in [0.1, 0.15) is 0 Å². The predicted molar refractivity (Wildman–Crippen MR) is 53.5 cm³/mol. The average molecular weight is 262 g/mol. The number of likely N-dealkylation sites (N-methyl/N-ethyl adjacent to an activating group) is 1. The molecule has 0 bridgehead atoms. The van der Waals surface area contributed by atoms with E-state index in [1.54, 1.807) is 0 Å². The fourth-order valence-electron chi connectivity index (χ4n) is 0.613. The van der Waals surface area contributed by atoms with Crippen LogP contribution in [0.2, 0.25) is 0 Å². The van der Waals surface area contributed by atoms with E-state index in [0.29, 0.717) is 6.61 Å². The van der Waals surface area contributed by atoms with Crippen molar-refractivity contribution in [3.63, 3.8) is 0 Å². The van der Waals surface area contributed by atoms with E-state index in [0.717, 1.165) is 11.0 Å². The third-order valence-electron chi connectivity index (χ3n) is 1.35. The zero-order chi connectivity index (χ0) is 10.3. The van der Waals surface area contributed by atoms with Crippen LogP contribution in [0, 0.1) is 0 Å². The predicted octanol–water partition coefficient (Wildman–Crippen LogP) is -3.05. The lowest BCUT2D eigenvalue weighted by molar-refractivity contribution is -0.870. The zero-order valence-corrected chi connectivity index (χ0v) is 11.5. The van der Waals surface area contributed by atoms with E-state index in [9.17, 15) is 0 Å². The maximum absolute atomic E-state index is 8.45. The minimum absolute atomic E-state index is 0. The van der Waals surface area contributed by atoms with Gasteiger partial charge in [-0.3, -0.25) is 0 Å². The first-order chi connectivity index (χ1) is 5.95. The van der Waals surface area contributed by atoms with Gasteiger partial charge in [0, 0.05) is 6.61 Å². The Labute approximate surface area is 101 Å². The van der Waals surface area contributed by atoms with Gasteiger partial charge < -0.3 is 29.6 Å². The topological polar surface area (TPSA) is 38.7 Å². The number of hydrogen-bond donors (Lipinski definition) is 1. The lowest BCUT2D eigenvalue weighted by Crippen LogP contribution is -3.00. The molecule has 0 aliphatic rings. The Morgan fingerprint density at radius 1 is 1.21 bits per heavy atom. The molecule has 7 heteroatoms. The summed E-state index contributed by atoms with van der Waals surface area (Å²) in [4.78, 5) is 0. The summed E-state index contributed by atoms with van der Waals surface area (Å²) in [5.41, 5.74) is 0. The zero-order valence-electron chi connectivity index (χ0n) is 8.87. The van der Waals surface area contributed by atoms with Gasteiger partial charge in [0.15, 0.2) is 0 Å². The molecule has 0 radical (unpaired) electrons. The molecule has 4 nitrogen and oxygen atoms in total. The van der Waals surface area contributed by atoms with Crippen LogP contribution in [0.4, 0.5) is 0 Å². The highest BCUT2D eigenvalue weighted by Gasteiger charge is 2.23. The van der Waals surface area contributed by atoms with Crippen molar-refractivity contribution in [2.75, 3.05) is 47.5 Å². The van der Waals surface area contributed by atoms with Gasteiger partial charge in [0.25, 0.3) is 0 Å². The molecule has 0 aromatic rings. The Hall–Kier alpha value is 0.952. The number of quaternary nitrogens is 1. The Balaban J connectivity index is 0. The van der Waals surface area contributed by atoms with E-state index in [1.807, 2.05) is 0 Å². The molecule has 0 fully saturated rings. The molecule has 0 aromatic heterocycles. The fourth-order valence-corrected chi connectivity index (χ4v) is 1.82. The number of aliphatic hydroxyl groups excluding tert-OH is 1. The van der Waals surface area contributed by atoms with Gasteiger partial charge in [-0.25, -0.2) is 0 Å². The second-order valence-corrected chi connectivity index (χ2v) is 6.04. The molecule has 0 saturated heterocycles. The second kappa shape index (κ2) is 9.20. The summed E-state index contributed by atoms with van der Waals surface area (Å²) in [5.74, 6) is 0. The van der Waals surface area contributed by atoms with Crippen molar-refractivity contribution in [1.29, 1.82) is 0 Å². The van der Waals surface area contributed by atoms with Crippen LogP contribution in [0.15, 0.2) is 0 Å². The normalized spacial score (nSPS) is 10.9. The van der Waals surface area contributed by atoms with Gasteiger partial charge in [-0.1, -0.05) is 0 Å². The highest BCUT2D eigenvalue weighted by molar-refractivity contribution is 6.99. The van der Waals surface area contributed by atoms with Gasteiger partial charge in [0.05, 0.1) is 40.9 Å². The van der Waals surface area contributed by atoms with Crippen molar-refractivity contribution in [2.24, 2.45) is 0 Å². The third-order valence-corrected chi connectivity index (χ3v) is 3.10. The summed E-state index contributed by atoms with van der Waals surface area (Å²) in [5, 5.41) is 8.45. The van der Waals surface area contributed by atoms with Crippen molar-refractivity contribution >= 4 is 23.9 Å². The Kier molecular flexibility index (Phi) is 11.4. The van der Waals surface area contributed by atoms with Crippen molar-refractivity contribution in [3.8, 4) is 0 Å². The highest BCUT2D eigenvalue weighted by atomic mass is 35.6. The van der Waals surface area contributed by atoms with Crippen LogP contribution < -0.4 is 12.4 Å². The molecular formula is C7H18AlCl2NO3. The Morgan fingerprint density at radius 2 is 1.71 bits per heavy atom. The molecule has 0 atom stereocenters. The van der Waals surface area contributed by atoms with Crippen LogP contribution in [-0.2, 0) is 7.58 Å². The average Bonchev–Trinajstić information content (AvgIpc) is 1.98. The molecular weight excluding hydrogens is 244 g/mol. The first kappa shape index (κ1) is 17.4. The number of aliphatic hydroxyl groups is 1. The number of halogens is 2. The van der Waals surface area contributed by atoms with Crippen molar-refractivity contribution in [2.45, 2.75) is 0 Å². The van der Waals surface area contributed by atoms with Crippen molar-refractivity contribution < 1.29 is 29.6 Å². The number of rotatable bonds is 7. The molecule has 0 unspecified atom stereocenters. The monoisotopic (exact) mass is 261 g/mol. The molecule has 0 heterocycles. The first-order valence-electron chi connectivity index (χ1n) is 4.24. The van der Waals surface area contributed by atoms with Crippen molar-refractivity contribution in [1.82, 2.24) is 0 Å². The summed E-state index contributed by atoms with van der Waals surface area (Å²) in [6, 6.07) is 0. The molecule has 0 spiro atoms. The molecule has 1 N–H and O–H groups in total. The number of nitrogens with zero attached hydrogens (tertiary/aromatic N) is 1. The minimum Gasteiger partial charge on any atom is -1.00 e. The molecule has 0 saturated carbocycles. The highest BCUT2D eigenvalue weighted by Crippen LogP contribution is 1.96. The summed E-state index contributed by atoms with van der Waals surface area (Å²) in [6.45, 7) is 1.77. The summed E-state index contributed by atoms with van der Waals surface area (Å²) < 4.78 is 11.2. The maximum atomic E-state index is 8.45. The summed E-state index contributed by atoms with van der Waals surface area (Å²) in [6.07, 6.45) is 0. The van der Waals surface area contributed by atoms with Crippen LogP contribution in [0.3, 0.4) is 0 Å². The van der Waals surface area contributed by atoms with E-state index in [-0.39, 0.29) is 25.6 Å². The summed E-state index contributed by atoms with van der Waals surface area (Å²) >= 11 is -2.01. The van der Waals surface area contributed by atoms with Crippen LogP contribution in [0.25, 0.3) is 0 Å². The van der Waals surface area contributed by atoms with Crippen LogP contribution in [0.5, 0.6) is 0 Å². The van der Waals surface area contributed by atoms with E-state index in [2.05, 4.69) is 21.1 Å².